The lowest BCUT2D eigenvalue weighted by atomic mass is 10.1. The number of rotatable bonds is 3. The fraction of sp³-hybridized carbons (Fsp3) is 0.273. The van der Waals surface area contributed by atoms with Crippen molar-refractivity contribution in [1.29, 1.82) is 0 Å². The standard InChI is InChI=1S/C11H10BrNO2/c1-13-10(7-11(14)15-2)8-3-5-9(12)6-4-8/h3-6,10H,7H2,2H3. The molecule has 0 fully saturated rings. The minimum atomic E-state index is -0.453. The zero-order valence-corrected chi connectivity index (χ0v) is 9.82. The first-order valence-corrected chi connectivity index (χ1v) is 5.15. The highest BCUT2D eigenvalue weighted by atomic mass is 79.9. The van der Waals surface area contributed by atoms with Crippen LogP contribution < -0.4 is 0 Å². The van der Waals surface area contributed by atoms with Crippen LogP contribution in [0.2, 0.25) is 0 Å². The van der Waals surface area contributed by atoms with E-state index < -0.39 is 6.04 Å². The fourth-order valence-corrected chi connectivity index (χ4v) is 1.43. The molecule has 1 unspecified atom stereocenters. The van der Waals surface area contributed by atoms with Crippen LogP contribution in [0.5, 0.6) is 0 Å². The largest absolute Gasteiger partial charge is 0.469 e. The van der Waals surface area contributed by atoms with E-state index in [1.165, 1.54) is 7.11 Å². The van der Waals surface area contributed by atoms with Crippen molar-refractivity contribution in [2.45, 2.75) is 12.5 Å². The van der Waals surface area contributed by atoms with Gasteiger partial charge < -0.3 is 9.58 Å². The van der Waals surface area contributed by atoms with Gasteiger partial charge in [0.1, 0.15) is 6.42 Å². The van der Waals surface area contributed by atoms with Crippen LogP contribution in [0.3, 0.4) is 0 Å². The van der Waals surface area contributed by atoms with Crippen molar-refractivity contribution in [3.05, 3.63) is 45.7 Å². The van der Waals surface area contributed by atoms with Gasteiger partial charge in [-0.05, 0) is 12.1 Å². The predicted octanol–water partition coefficient (Wildman–Crippen LogP) is 2.97. The number of halogens is 1. The highest BCUT2D eigenvalue weighted by Crippen LogP contribution is 2.23. The minimum absolute atomic E-state index is 0.0988. The van der Waals surface area contributed by atoms with Crippen LogP contribution in [-0.4, -0.2) is 13.1 Å². The SMILES string of the molecule is [C-]#[N+]C(CC(=O)OC)c1ccc(Br)cc1. The molecule has 0 bridgehead atoms. The molecule has 0 aliphatic rings. The number of esters is 1. The fourth-order valence-electron chi connectivity index (χ4n) is 1.16. The van der Waals surface area contributed by atoms with Gasteiger partial charge in [-0.3, -0.25) is 4.79 Å². The van der Waals surface area contributed by atoms with E-state index in [1.54, 1.807) is 0 Å². The molecule has 0 aliphatic carbocycles. The second kappa shape index (κ2) is 5.52. The molecule has 0 aliphatic heterocycles. The molecule has 1 atom stereocenters. The van der Waals surface area contributed by atoms with E-state index in [1.807, 2.05) is 24.3 Å². The zero-order chi connectivity index (χ0) is 11.3. The smallest absolute Gasteiger partial charge is 0.313 e. The molecule has 0 N–H and O–H groups in total. The lowest BCUT2D eigenvalue weighted by Gasteiger charge is -2.04. The van der Waals surface area contributed by atoms with Crippen molar-refractivity contribution < 1.29 is 9.53 Å². The van der Waals surface area contributed by atoms with E-state index in [-0.39, 0.29) is 12.4 Å². The highest BCUT2D eigenvalue weighted by molar-refractivity contribution is 9.10. The number of carbonyl (C=O) groups is 1. The van der Waals surface area contributed by atoms with Crippen molar-refractivity contribution in [2.24, 2.45) is 0 Å². The molecule has 0 saturated carbocycles. The Morgan fingerprint density at radius 2 is 2.13 bits per heavy atom. The van der Waals surface area contributed by atoms with Crippen LogP contribution in [0.1, 0.15) is 18.0 Å². The first-order valence-electron chi connectivity index (χ1n) is 4.36. The number of hydrogen-bond acceptors (Lipinski definition) is 2. The lowest BCUT2D eigenvalue weighted by molar-refractivity contribution is -0.140. The van der Waals surface area contributed by atoms with Crippen molar-refractivity contribution in [3.63, 3.8) is 0 Å². The van der Waals surface area contributed by atoms with E-state index in [0.29, 0.717) is 0 Å². The molecular weight excluding hydrogens is 258 g/mol. The van der Waals surface area contributed by atoms with Gasteiger partial charge in [0.15, 0.2) is 0 Å². The molecule has 0 saturated heterocycles. The maximum absolute atomic E-state index is 11.0. The summed E-state index contributed by atoms with van der Waals surface area (Å²) in [5.74, 6) is -0.362. The summed E-state index contributed by atoms with van der Waals surface area (Å²) in [6, 6.07) is 6.91. The Kier molecular flexibility index (Phi) is 4.32. The second-order valence-electron chi connectivity index (χ2n) is 2.98. The van der Waals surface area contributed by atoms with E-state index in [2.05, 4.69) is 25.5 Å². The summed E-state index contributed by atoms with van der Waals surface area (Å²) in [6.07, 6.45) is 0.0988. The average Bonchev–Trinajstić information content (AvgIpc) is 2.27. The number of ether oxygens (including phenoxy) is 1. The van der Waals surface area contributed by atoms with Gasteiger partial charge in [-0.2, -0.15) is 0 Å². The molecule has 0 spiro atoms. The van der Waals surface area contributed by atoms with Gasteiger partial charge in [0.25, 0.3) is 6.04 Å². The second-order valence-corrected chi connectivity index (χ2v) is 3.89. The Labute approximate surface area is 97.0 Å². The molecule has 1 rings (SSSR count). The summed E-state index contributed by atoms with van der Waals surface area (Å²) in [5.41, 5.74) is 0.832. The molecule has 0 amide bonds. The maximum Gasteiger partial charge on any atom is 0.313 e. The molecule has 1 aromatic carbocycles. The number of hydrogen-bond donors (Lipinski definition) is 0. The molecule has 15 heavy (non-hydrogen) atoms. The molecule has 4 heteroatoms. The van der Waals surface area contributed by atoms with Crippen molar-refractivity contribution in [1.82, 2.24) is 0 Å². The molecule has 1 aromatic rings. The molecule has 78 valence electrons. The van der Waals surface area contributed by atoms with Crippen LogP contribution in [0.15, 0.2) is 28.7 Å². The first kappa shape index (κ1) is 11.7. The van der Waals surface area contributed by atoms with Crippen molar-refractivity contribution >= 4 is 21.9 Å². The van der Waals surface area contributed by atoms with Crippen LogP contribution >= 0.6 is 15.9 Å². The highest BCUT2D eigenvalue weighted by Gasteiger charge is 2.20. The summed E-state index contributed by atoms with van der Waals surface area (Å²) in [6.45, 7) is 7.03. The normalized spacial score (nSPS) is 11.5. The molecule has 0 radical (unpaired) electrons. The summed E-state index contributed by atoms with van der Waals surface area (Å²) < 4.78 is 5.49. The third-order valence-corrected chi connectivity index (χ3v) is 2.53. The van der Waals surface area contributed by atoms with Gasteiger partial charge in [-0.15, -0.1) is 0 Å². The zero-order valence-electron chi connectivity index (χ0n) is 8.24. The minimum Gasteiger partial charge on any atom is -0.469 e. The van der Waals surface area contributed by atoms with Gasteiger partial charge in [0.05, 0.1) is 7.11 Å². The molecular formula is C11H10BrNO2. The average molecular weight is 268 g/mol. The Morgan fingerprint density at radius 1 is 1.53 bits per heavy atom. The van der Waals surface area contributed by atoms with Crippen molar-refractivity contribution in [2.75, 3.05) is 7.11 Å². The predicted molar refractivity (Wildman–Crippen MR) is 60.1 cm³/mol. The van der Waals surface area contributed by atoms with Gasteiger partial charge in [-0.25, -0.2) is 6.57 Å². The van der Waals surface area contributed by atoms with E-state index in [4.69, 9.17) is 6.57 Å². The lowest BCUT2D eigenvalue weighted by Crippen LogP contribution is -2.05. The van der Waals surface area contributed by atoms with Crippen LogP contribution in [-0.2, 0) is 9.53 Å². The van der Waals surface area contributed by atoms with Gasteiger partial charge in [-0.1, -0.05) is 28.1 Å². The van der Waals surface area contributed by atoms with E-state index >= 15 is 0 Å². The quantitative estimate of drug-likeness (QED) is 0.623. The summed E-state index contributed by atoms with van der Waals surface area (Å²) >= 11 is 3.31. The first-order chi connectivity index (χ1) is 7.17. The van der Waals surface area contributed by atoms with Gasteiger partial charge >= 0.3 is 5.97 Å². The Balaban J connectivity index is 2.80. The maximum atomic E-state index is 11.0. The van der Waals surface area contributed by atoms with Gasteiger partial charge in [0, 0.05) is 10.0 Å². The third-order valence-electron chi connectivity index (χ3n) is 2.00. The topological polar surface area (TPSA) is 30.7 Å². The molecule has 3 nitrogen and oxygen atoms in total. The number of benzene rings is 1. The summed E-state index contributed by atoms with van der Waals surface area (Å²) in [7, 11) is 1.32. The van der Waals surface area contributed by atoms with E-state index in [9.17, 15) is 4.79 Å². The number of carbonyl (C=O) groups excluding carboxylic acids is 1. The summed E-state index contributed by atoms with van der Waals surface area (Å²) in [4.78, 5) is 14.5. The van der Waals surface area contributed by atoms with Crippen LogP contribution in [0.25, 0.3) is 4.85 Å². The number of methoxy groups -OCH3 is 1. The Morgan fingerprint density at radius 3 is 2.60 bits per heavy atom. The van der Waals surface area contributed by atoms with Crippen LogP contribution in [0, 0.1) is 6.57 Å². The number of nitrogens with zero attached hydrogens (tertiary/aromatic N) is 1. The monoisotopic (exact) mass is 267 g/mol. The molecule has 0 aromatic heterocycles. The molecule has 0 heterocycles. The Bertz CT molecular complexity index is 381. The Hall–Kier alpha value is -1.34. The van der Waals surface area contributed by atoms with E-state index in [0.717, 1.165) is 10.0 Å². The van der Waals surface area contributed by atoms with Crippen molar-refractivity contribution in [3.8, 4) is 0 Å². The van der Waals surface area contributed by atoms with Gasteiger partial charge in [0.2, 0.25) is 0 Å². The summed E-state index contributed by atoms with van der Waals surface area (Å²) in [5, 5.41) is 0. The third kappa shape index (κ3) is 3.37. The van der Waals surface area contributed by atoms with Crippen LogP contribution in [0.4, 0.5) is 0 Å².